The van der Waals surface area contributed by atoms with Crippen LogP contribution in [0.25, 0.3) is 17.2 Å². The molecular formula is C15H12FN5O. The molecule has 0 saturated carbocycles. The summed E-state index contributed by atoms with van der Waals surface area (Å²) in [5.74, 6) is 0.380. The molecule has 3 aromatic heterocycles. The van der Waals surface area contributed by atoms with E-state index < -0.39 is 0 Å². The number of anilines is 1. The lowest BCUT2D eigenvalue weighted by molar-refractivity contribution is 0.593. The van der Waals surface area contributed by atoms with E-state index >= 15 is 0 Å². The second-order valence-electron chi connectivity index (χ2n) is 4.99. The molecule has 110 valence electrons. The third kappa shape index (κ3) is 1.98. The number of rotatable bonds is 2. The predicted molar refractivity (Wildman–Crippen MR) is 78.6 cm³/mol. The average Bonchev–Trinajstić information content (AvgIpc) is 3.08. The van der Waals surface area contributed by atoms with Crippen molar-refractivity contribution in [3.05, 3.63) is 54.5 Å². The summed E-state index contributed by atoms with van der Waals surface area (Å²) in [6, 6.07) is 1.76. The van der Waals surface area contributed by atoms with Gasteiger partial charge in [-0.05, 0) is 24.6 Å². The zero-order valence-electron chi connectivity index (χ0n) is 11.5. The van der Waals surface area contributed by atoms with Crippen LogP contribution in [0.15, 0.2) is 53.2 Å². The minimum absolute atomic E-state index is 0.0409. The molecule has 0 bridgehead atoms. The Labute approximate surface area is 124 Å². The Kier molecular flexibility index (Phi) is 2.78. The largest absolute Gasteiger partial charge is 0.432 e. The molecule has 0 saturated heterocycles. The normalized spacial score (nSPS) is 17.9. The summed E-state index contributed by atoms with van der Waals surface area (Å²) in [5.41, 5.74) is 7.89. The number of fused-ring (bicyclic) bond motifs is 1. The highest BCUT2D eigenvalue weighted by atomic mass is 19.1. The van der Waals surface area contributed by atoms with Crippen LogP contribution in [0.2, 0.25) is 0 Å². The van der Waals surface area contributed by atoms with Crippen LogP contribution >= 0.6 is 0 Å². The van der Waals surface area contributed by atoms with E-state index in [1.165, 1.54) is 6.08 Å². The number of nitrogen functional groups attached to an aromatic ring is 1. The molecule has 0 aliphatic heterocycles. The van der Waals surface area contributed by atoms with Crippen molar-refractivity contribution in [1.82, 2.24) is 19.4 Å². The van der Waals surface area contributed by atoms with Gasteiger partial charge < -0.3 is 10.2 Å². The van der Waals surface area contributed by atoms with Gasteiger partial charge in [0.1, 0.15) is 12.1 Å². The van der Waals surface area contributed by atoms with E-state index in [-0.39, 0.29) is 17.7 Å². The second kappa shape index (κ2) is 4.80. The third-order valence-electron chi connectivity index (χ3n) is 3.61. The molecule has 1 aliphatic rings. The predicted octanol–water partition coefficient (Wildman–Crippen LogP) is 2.86. The summed E-state index contributed by atoms with van der Waals surface area (Å²) >= 11 is 0. The van der Waals surface area contributed by atoms with Crippen LogP contribution in [-0.2, 0) is 0 Å². The number of nitrogens with zero attached hydrogens (tertiary/aromatic N) is 4. The maximum atomic E-state index is 13.2. The van der Waals surface area contributed by atoms with Crippen molar-refractivity contribution in [3.8, 4) is 11.4 Å². The van der Waals surface area contributed by atoms with Gasteiger partial charge in [-0.2, -0.15) is 4.98 Å². The van der Waals surface area contributed by atoms with Crippen molar-refractivity contribution in [1.29, 1.82) is 0 Å². The van der Waals surface area contributed by atoms with Gasteiger partial charge in [-0.25, -0.2) is 14.4 Å². The smallest absolute Gasteiger partial charge is 0.306 e. The summed E-state index contributed by atoms with van der Waals surface area (Å²) in [6.45, 7) is 0. The number of imidazole rings is 1. The van der Waals surface area contributed by atoms with Crippen LogP contribution in [0, 0.1) is 0 Å². The van der Waals surface area contributed by atoms with Crippen LogP contribution < -0.4 is 5.73 Å². The van der Waals surface area contributed by atoms with Crippen molar-refractivity contribution < 1.29 is 8.81 Å². The molecule has 0 fully saturated rings. The zero-order chi connectivity index (χ0) is 15.1. The van der Waals surface area contributed by atoms with Crippen LogP contribution in [0.5, 0.6) is 0 Å². The van der Waals surface area contributed by atoms with Crippen molar-refractivity contribution in [2.45, 2.75) is 12.3 Å². The number of oxazole rings is 1. The Morgan fingerprint density at radius 1 is 1.36 bits per heavy atom. The van der Waals surface area contributed by atoms with E-state index in [0.717, 1.165) is 11.4 Å². The van der Waals surface area contributed by atoms with Crippen LogP contribution in [0.3, 0.4) is 0 Å². The lowest BCUT2D eigenvalue weighted by Gasteiger charge is -2.13. The fourth-order valence-electron chi connectivity index (χ4n) is 2.62. The summed E-state index contributed by atoms with van der Waals surface area (Å²) in [6.07, 6.45) is 10.2. The standard InChI is InChI=1S/C15H12FN5O/c16-10-3-1-9(2-4-10)12-13(11-5-6-18-14(17)19-11)21-7-8-22-15(21)20-12/h1,3-9H,2H2,(H2,17,18,19). The van der Waals surface area contributed by atoms with E-state index in [1.54, 1.807) is 41.3 Å². The summed E-state index contributed by atoms with van der Waals surface area (Å²) < 4.78 is 20.4. The quantitative estimate of drug-likeness (QED) is 0.786. The maximum absolute atomic E-state index is 13.2. The molecule has 2 N–H and O–H groups in total. The van der Waals surface area contributed by atoms with E-state index in [0.29, 0.717) is 18.0 Å². The van der Waals surface area contributed by atoms with Gasteiger partial charge in [0, 0.05) is 18.3 Å². The number of hydrogen-bond donors (Lipinski definition) is 1. The first-order chi connectivity index (χ1) is 10.7. The van der Waals surface area contributed by atoms with E-state index in [4.69, 9.17) is 10.2 Å². The lowest BCUT2D eigenvalue weighted by atomic mass is 9.94. The SMILES string of the molecule is Nc1nccc(-c2c(C3C=CC(F)=CC3)nc3occn23)n1. The maximum Gasteiger partial charge on any atom is 0.306 e. The molecule has 4 rings (SSSR count). The van der Waals surface area contributed by atoms with Crippen LogP contribution in [-0.4, -0.2) is 19.4 Å². The highest BCUT2D eigenvalue weighted by Gasteiger charge is 2.24. The highest BCUT2D eigenvalue weighted by Crippen LogP contribution is 2.34. The molecule has 3 aromatic rings. The van der Waals surface area contributed by atoms with Gasteiger partial charge in [-0.1, -0.05) is 6.08 Å². The Morgan fingerprint density at radius 2 is 2.27 bits per heavy atom. The average molecular weight is 297 g/mol. The molecule has 0 aromatic carbocycles. The molecular weight excluding hydrogens is 285 g/mol. The molecule has 7 heteroatoms. The summed E-state index contributed by atoms with van der Waals surface area (Å²) in [5, 5.41) is 0. The van der Waals surface area contributed by atoms with E-state index in [1.807, 2.05) is 0 Å². The van der Waals surface area contributed by atoms with Crippen molar-refractivity contribution >= 4 is 11.8 Å². The Morgan fingerprint density at radius 3 is 3.05 bits per heavy atom. The molecule has 1 aliphatic carbocycles. The first-order valence-electron chi connectivity index (χ1n) is 6.80. The number of allylic oxidation sites excluding steroid dienone is 4. The fourth-order valence-corrected chi connectivity index (χ4v) is 2.62. The van der Waals surface area contributed by atoms with Crippen LogP contribution in [0.4, 0.5) is 10.3 Å². The molecule has 6 nitrogen and oxygen atoms in total. The zero-order valence-corrected chi connectivity index (χ0v) is 11.5. The Bertz CT molecular complexity index is 908. The highest BCUT2D eigenvalue weighted by molar-refractivity contribution is 5.64. The molecule has 1 unspecified atom stereocenters. The first-order valence-corrected chi connectivity index (χ1v) is 6.80. The minimum atomic E-state index is -0.230. The van der Waals surface area contributed by atoms with Gasteiger partial charge in [0.2, 0.25) is 5.95 Å². The van der Waals surface area contributed by atoms with Gasteiger partial charge in [-0.15, -0.1) is 0 Å². The number of hydrogen-bond acceptors (Lipinski definition) is 5. The topological polar surface area (TPSA) is 82.2 Å². The molecule has 0 spiro atoms. The lowest BCUT2D eigenvalue weighted by Crippen LogP contribution is -2.03. The van der Waals surface area contributed by atoms with Gasteiger partial charge in [-0.3, -0.25) is 4.40 Å². The van der Waals surface area contributed by atoms with Crippen molar-refractivity contribution in [3.63, 3.8) is 0 Å². The number of nitrogens with two attached hydrogens (primary N) is 1. The molecule has 22 heavy (non-hydrogen) atoms. The fraction of sp³-hybridized carbons (Fsp3) is 0.133. The Balaban J connectivity index is 1.90. The molecule has 3 heterocycles. The molecule has 0 amide bonds. The van der Waals surface area contributed by atoms with Gasteiger partial charge in [0.25, 0.3) is 0 Å². The van der Waals surface area contributed by atoms with Crippen LogP contribution in [0.1, 0.15) is 18.0 Å². The van der Waals surface area contributed by atoms with Crippen molar-refractivity contribution in [2.24, 2.45) is 0 Å². The van der Waals surface area contributed by atoms with Gasteiger partial charge >= 0.3 is 5.84 Å². The molecule has 0 radical (unpaired) electrons. The summed E-state index contributed by atoms with van der Waals surface area (Å²) in [7, 11) is 0. The van der Waals surface area contributed by atoms with Gasteiger partial charge in [0.05, 0.1) is 17.1 Å². The Hall–Kier alpha value is -2.96. The van der Waals surface area contributed by atoms with E-state index in [9.17, 15) is 4.39 Å². The second-order valence-corrected chi connectivity index (χ2v) is 4.99. The third-order valence-corrected chi connectivity index (χ3v) is 3.61. The molecule has 1 atom stereocenters. The monoisotopic (exact) mass is 297 g/mol. The minimum Gasteiger partial charge on any atom is -0.432 e. The number of aromatic nitrogens is 4. The first kappa shape index (κ1) is 12.8. The van der Waals surface area contributed by atoms with Gasteiger partial charge in [0.15, 0.2) is 0 Å². The van der Waals surface area contributed by atoms with Crippen molar-refractivity contribution in [2.75, 3.05) is 5.73 Å². The summed E-state index contributed by atoms with van der Waals surface area (Å²) in [4.78, 5) is 12.7. The number of halogens is 1. The van der Waals surface area contributed by atoms with E-state index in [2.05, 4.69) is 15.0 Å².